The number of sulfonamides is 1. The number of ether oxygens (including phenoxy) is 1. The smallest absolute Gasteiger partial charge is 0.242 e. The van der Waals surface area contributed by atoms with Gasteiger partial charge in [-0.25, -0.2) is 8.42 Å². The molecule has 0 aliphatic heterocycles. The van der Waals surface area contributed by atoms with Crippen molar-refractivity contribution < 1.29 is 17.9 Å². The van der Waals surface area contributed by atoms with Crippen LogP contribution in [0.1, 0.15) is 12.5 Å². The van der Waals surface area contributed by atoms with E-state index in [0.717, 1.165) is 5.56 Å². The normalized spacial score (nSPS) is 12.2. The van der Waals surface area contributed by atoms with Crippen molar-refractivity contribution in [3.8, 4) is 5.75 Å². The highest BCUT2D eigenvalue weighted by Gasteiger charge is 2.26. The summed E-state index contributed by atoms with van der Waals surface area (Å²) in [4.78, 5) is 13.0. The molecule has 0 saturated carbocycles. The van der Waals surface area contributed by atoms with Crippen LogP contribution in [0.4, 0.5) is 5.69 Å². The molecule has 31 heavy (non-hydrogen) atoms. The Balaban J connectivity index is 1.82. The molecule has 8 heteroatoms. The van der Waals surface area contributed by atoms with Crippen LogP contribution in [0.15, 0.2) is 83.8 Å². The van der Waals surface area contributed by atoms with E-state index in [1.54, 1.807) is 36.4 Å². The number of carbonyl (C=O) groups excluding carboxylic acids is 1. The molecular formula is C23H23ClN2O4S. The summed E-state index contributed by atoms with van der Waals surface area (Å²) in [6.45, 7) is 2.33. The molecule has 2 N–H and O–H groups in total. The first kappa shape index (κ1) is 22.8. The lowest BCUT2D eigenvalue weighted by atomic mass is 10.1. The molecule has 0 fully saturated rings. The van der Waals surface area contributed by atoms with Gasteiger partial charge < -0.3 is 10.1 Å². The van der Waals surface area contributed by atoms with E-state index >= 15 is 0 Å². The third kappa shape index (κ3) is 6.55. The van der Waals surface area contributed by atoms with Crippen molar-refractivity contribution in [3.63, 3.8) is 0 Å². The molecule has 0 radical (unpaired) electrons. The van der Waals surface area contributed by atoms with Gasteiger partial charge in [0.15, 0.2) is 0 Å². The number of rotatable bonds is 9. The SMILES string of the molecule is CCOc1ccc(S(=O)(=O)N[C@H](Cc2ccccc2)C(=O)Nc2ccc(Cl)cc2)cc1. The first-order valence-corrected chi connectivity index (χ1v) is 11.6. The van der Waals surface area contributed by atoms with E-state index in [4.69, 9.17) is 16.3 Å². The number of anilines is 1. The zero-order valence-electron chi connectivity index (χ0n) is 16.9. The molecule has 1 amide bonds. The lowest BCUT2D eigenvalue weighted by Crippen LogP contribution is -2.45. The molecule has 0 spiro atoms. The molecule has 3 rings (SSSR count). The van der Waals surface area contributed by atoms with Gasteiger partial charge in [0.05, 0.1) is 11.5 Å². The lowest BCUT2D eigenvalue weighted by Gasteiger charge is -2.19. The Labute approximate surface area is 187 Å². The van der Waals surface area contributed by atoms with Gasteiger partial charge >= 0.3 is 0 Å². The van der Waals surface area contributed by atoms with Crippen molar-refractivity contribution in [1.82, 2.24) is 4.72 Å². The number of amides is 1. The van der Waals surface area contributed by atoms with Crippen molar-refractivity contribution in [1.29, 1.82) is 0 Å². The third-order valence-corrected chi connectivity index (χ3v) is 6.19. The van der Waals surface area contributed by atoms with Crippen LogP contribution in [-0.4, -0.2) is 27.0 Å². The van der Waals surface area contributed by atoms with Gasteiger partial charge in [0.2, 0.25) is 15.9 Å². The topological polar surface area (TPSA) is 84.5 Å². The van der Waals surface area contributed by atoms with Crippen LogP contribution in [-0.2, 0) is 21.2 Å². The average Bonchev–Trinajstić information content (AvgIpc) is 2.76. The average molecular weight is 459 g/mol. The Kier molecular flexibility index (Phi) is 7.68. The first-order valence-electron chi connectivity index (χ1n) is 9.73. The van der Waals surface area contributed by atoms with Gasteiger partial charge in [0.1, 0.15) is 11.8 Å². The molecule has 0 saturated heterocycles. The Hall–Kier alpha value is -2.87. The second-order valence-corrected chi connectivity index (χ2v) is 8.91. The highest BCUT2D eigenvalue weighted by Crippen LogP contribution is 2.18. The summed E-state index contributed by atoms with van der Waals surface area (Å²) in [6, 6.07) is 20.9. The molecule has 0 aromatic heterocycles. The van der Waals surface area contributed by atoms with Crippen LogP contribution >= 0.6 is 11.6 Å². The summed E-state index contributed by atoms with van der Waals surface area (Å²) in [6.07, 6.45) is 0.191. The summed E-state index contributed by atoms with van der Waals surface area (Å²) in [7, 11) is -3.94. The highest BCUT2D eigenvalue weighted by atomic mass is 35.5. The van der Waals surface area contributed by atoms with E-state index < -0.39 is 22.0 Å². The number of benzene rings is 3. The zero-order chi connectivity index (χ0) is 22.3. The van der Waals surface area contributed by atoms with E-state index in [-0.39, 0.29) is 11.3 Å². The predicted octanol–water partition coefficient (Wildman–Crippen LogP) is 4.27. The zero-order valence-corrected chi connectivity index (χ0v) is 18.5. The molecule has 0 aliphatic carbocycles. The number of carbonyl (C=O) groups is 1. The highest BCUT2D eigenvalue weighted by molar-refractivity contribution is 7.89. The largest absolute Gasteiger partial charge is 0.494 e. The predicted molar refractivity (Wildman–Crippen MR) is 122 cm³/mol. The number of hydrogen-bond donors (Lipinski definition) is 2. The van der Waals surface area contributed by atoms with E-state index in [9.17, 15) is 13.2 Å². The van der Waals surface area contributed by atoms with Crippen LogP contribution in [0.3, 0.4) is 0 Å². The van der Waals surface area contributed by atoms with Gasteiger partial charge in [-0.15, -0.1) is 0 Å². The second kappa shape index (κ2) is 10.4. The van der Waals surface area contributed by atoms with Gasteiger partial charge in [-0.05, 0) is 67.4 Å². The van der Waals surface area contributed by atoms with Gasteiger partial charge in [0.25, 0.3) is 0 Å². The van der Waals surface area contributed by atoms with Crippen molar-refractivity contribution in [3.05, 3.63) is 89.4 Å². The minimum absolute atomic E-state index is 0.0494. The molecule has 1 atom stereocenters. The Morgan fingerprint density at radius 2 is 1.61 bits per heavy atom. The molecule has 0 unspecified atom stereocenters. The fraction of sp³-hybridized carbons (Fsp3) is 0.174. The van der Waals surface area contributed by atoms with Crippen molar-refractivity contribution >= 4 is 33.2 Å². The van der Waals surface area contributed by atoms with E-state index in [0.29, 0.717) is 23.1 Å². The molecule has 6 nitrogen and oxygen atoms in total. The maximum Gasteiger partial charge on any atom is 0.242 e. The summed E-state index contributed by atoms with van der Waals surface area (Å²) in [5, 5.41) is 3.28. The van der Waals surface area contributed by atoms with Crippen LogP contribution in [0.25, 0.3) is 0 Å². The van der Waals surface area contributed by atoms with Crippen LogP contribution in [0, 0.1) is 0 Å². The summed E-state index contributed by atoms with van der Waals surface area (Å²) >= 11 is 5.89. The van der Waals surface area contributed by atoms with Gasteiger partial charge in [0, 0.05) is 10.7 Å². The van der Waals surface area contributed by atoms with Crippen LogP contribution < -0.4 is 14.8 Å². The number of hydrogen-bond acceptors (Lipinski definition) is 4. The number of nitrogens with one attached hydrogen (secondary N) is 2. The molecule has 3 aromatic carbocycles. The molecule has 3 aromatic rings. The monoisotopic (exact) mass is 458 g/mol. The van der Waals surface area contributed by atoms with E-state index in [1.165, 1.54) is 12.1 Å². The van der Waals surface area contributed by atoms with Gasteiger partial charge in [-0.2, -0.15) is 4.72 Å². The molecule has 0 aliphatic rings. The Morgan fingerprint density at radius 1 is 0.968 bits per heavy atom. The molecule has 162 valence electrons. The third-order valence-electron chi connectivity index (χ3n) is 4.45. The maximum absolute atomic E-state index is 13.0. The fourth-order valence-electron chi connectivity index (χ4n) is 2.94. The summed E-state index contributed by atoms with van der Waals surface area (Å²) < 4.78 is 33.8. The minimum Gasteiger partial charge on any atom is -0.494 e. The van der Waals surface area contributed by atoms with Gasteiger partial charge in [-0.1, -0.05) is 41.9 Å². The molecule has 0 bridgehead atoms. The Bertz CT molecular complexity index is 1100. The van der Waals surface area contributed by atoms with Crippen molar-refractivity contribution in [2.75, 3.05) is 11.9 Å². The Morgan fingerprint density at radius 3 is 2.23 bits per heavy atom. The quantitative estimate of drug-likeness (QED) is 0.501. The lowest BCUT2D eigenvalue weighted by molar-refractivity contribution is -0.117. The standard InChI is InChI=1S/C23H23ClN2O4S/c1-2-30-20-12-14-21(15-13-20)31(28,29)26-22(16-17-6-4-3-5-7-17)23(27)25-19-10-8-18(24)9-11-19/h3-15,22,26H,2,16H2,1H3,(H,25,27)/t22-/m1/s1. The summed E-state index contributed by atoms with van der Waals surface area (Å²) in [5.41, 5.74) is 1.35. The van der Waals surface area contributed by atoms with Crippen LogP contribution in [0.2, 0.25) is 5.02 Å². The summed E-state index contributed by atoms with van der Waals surface area (Å²) in [5.74, 6) is 0.100. The van der Waals surface area contributed by atoms with E-state index in [1.807, 2.05) is 37.3 Å². The molecule has 0 heterocycles. The van der Waals surface area contributed by atoms with Gasteiger partial charge in [-0.3, -0.25) is 4.79 Å². The van der Waals surface area contributed by atoms with E-state index in [2.05, 4.69) is 10.0 Å². The maximum atomic E-state index is 13.0. The minimum atomic E-state index is -3.94. The van der Waals surface area contributed by atoms with Crippen molar-refractivity contribution in [2.45, 2.75) is 24.3 Å². The number of halogens is 1. The fourth-order valence-corrected chi connectivity index (χ4v) is 4.26. The second-order valence-electron chi connectivity index (χ2n) is 6.76. The van der Waals surface area contributed by atoms with Crippen molar-refractivity contribution in [2.24, 2.45) is 0 Å². The van der Waals surface area contributed by atoms with Crippen LogP contribution in [0.5, 0.6) is 5.75 Å². The first-order chi connectivity index (χ1) is 14.9. The molecular weight excluding hydrogens is 436 g/mol.